The maximum atomic E-state index is 11.2. The van der Waals surface area contributed by atoms with Crippen molar-refractivity contribution in [1.29, 1.82) is 0 Å². The summed E-state index contributed by atoms with van der Waals surface area (Å²) in [6, 6.07) is 7.05. The van der Waals surface area contributed by atoms with Crippen molar-refractivity contribution < 1.29 is 9.90 Å². The topological polar surface area (TPSA) is 55.1 Å². The van der Waals surface area contributed by atoms with Crippen molar-refractivity contribution in [3.05, 3.63) is 24.3 Å². The first-order valence-corrected chi connectivity index (χ1v) is 6.96. The van der Waals surface area contributed by atoms with Gasteiger partial charge in [0.25, 0.3) is 0 Å². The molecule has 0 aliphatic carbocycles. The first-order chi connectivity index (χ1) is 8.65. The van der Waals surface area contributed by atoms with E-state index in [4.69, 9.17) is 0 Å². The van der Waals surface area contributed by atoms with E-state index in [1.54, 1.807) is 23.3 Å². The Hall–Kier alpha value is -1.49. The third-order valence-corrected chi connectivity index (χ3v) is 3.90. The maximum absolute atomic E-state index is 11.2. The highest BCUT2D eigenvalue weighted by molar-refractivity contribution is 7.99. The Balaban J connectivity index is 2.53. The van der Waals surface area contributed by atoms with Crippen molar-refractivity contribution in [3.8, 4) is 0 Å². The predicted molar refractivity (Wildman–Crippen MR) is 73.1 cm³/mol. The van der Waals surface area contributed by atoms with Crippen LogP contribution in [0.1, 0.15) is 26.3 Å². The van der Waals surface area contributed by atoms with E-state index >= 15 is 0 Å². The van der Waals surface area contributed by atoms with Crippen molar-refractivity contribution in [3.63, 3.8) is 0 Å². The van der Waals surface area contributed by atoms with Crippen LogP contribution in [0.5, 0.6) is 0 Å². The monoisotopic (exact) mass is 264 g/mol. The zero-order chi connectivity index (χ0) is 13.1. The summed E-state index contributed by atoms with van der Waals surface area (Å²) in [7, 11) is 0. The number of carbonyl (C=O) groups is 1. The Morgan fingerprint density at radius 3 is 2.89 bits per heavy atom. The minimum absolute atomic E-state index is 0.600. The van der Waals surface area contributed by atoms with Crippen LogP contribution in [-0.4, -0.2) is 26.4 Å². The molecule has 0 aliphatic heterocycles. The lowest BCUT2D eigenvalue weighted by Gasteiger charge is -2.12. The van der Waals surface area contributed by atoms with Crippen LogP contribution >= 0.6 is 11.8 Å². The van der Waals surface area contributed by atoms with E-state index in [1.807, 2.05) is 24.3 Å². The van der Waals surface area contributed by atoms with E-state index in [9.17, 15) is 9.90 Å². The summed E-state index contributed by atoms with van der Waals surface area (Å²) < 4.78 is 1.80. The summed E-state index contributed by atoms with van der Waals surface area (Å²) in [4.78, 5) is 15.7. The van der Waals surface area contributed by atoms with E-state index in [1.165, 1.54) is 0 Å². The number of hydrogen-bond acceptors (Lipinski definition) is 3. The number of nitrogens with zero attached hydrogens (tertiary/aromatic N) is 2. The van der Waals surface area contributed by atoms with Gasteiger partial charge in [-0.05, 0) is 25.5 Å². The molecule has 0 saturated carbocycles. The Bertz CT molecular complexity index is 565. The third kappa shape index (κ3) is 2.36. The van der Waals surface area contributed by atoms with Gasteiger partial charge in [-0.15, -0.1) is 0 Å². The summed E-state index contributed by atoms with van der Waals surface area (Å²) in [5, 5.41) is 9.99. The molecule has 0 fully saturated rings. The van der Waals surface area contributed by atoms with E-state index in [2.05, 4.69) is 11.9 Å². The van der Waals surface area contributed by atoms with Gasteiger partial charge in [-0.2, -0.15) is 0 Å². The fourth-order valence-corrected chi connectivity index (χ4v) is 2.75. The van der Waals surface area contributed by atoms with Crippen molar-refractivity contribution in [2.75, 3.05) is 5.75 Å². The van der Waals surface area contributed by atoms with E-state index < -0.39 is 12.0 Å². The molecule has 18 heavy (non-hydrogen) atoms. The van der Waals surface area contributed by atoms with Gasteiger partial charge < -0.3 is 9.67 Å². The smallest absolute Gasteiger partial charge is 0.326 e. The van der Waals surface area contributed by atoms with Crippen LogP contribution in [0, 0.1) is 0 Å². The number of hydrogen-bond donors (Lipinski definition) is 1. The standard InChI is InChI=1S/C13H16N2O2S/c1-3-8-18-13-14-10-6-4-5-7-11(10)15(13)9(2)12(16)17/h4-7,9H,3,8H2,1-2H3,(H,16,17)/t9-/m0/s1. The summed E-state index contributed by atoms with van der Waals surface area (Å²) in [6.45, 7) is 3.78. The normalized spacial score (nSPS) is 12.8. The molecule has 1 heterocycles. The highest BCUT2D eigenvalue weighted by atomic mass is 32.2. The predicted octanol–water partition coefficient (Wildman–Crippen LogP) is 3.18. The molecule has 96 valence electrons. The molecule has 1 atom stereocenters. The maximum Gasteiger partial charge on any atom is 0.326 e. The Morgan fingerprint density at radius 1 is 1.50 bits per heavy atom. The van der Waals surface area contributed by atoms with Crippen LogP contribution in [0.15, 0.2) is 29.4 Å². The zero-order valence-corrected chi connectivity index (χ0v) is 11.3. The van der Waals surface area contributed by atoms with Crippen LogP contribution in [0.3, 0.4) is 0 Å². The number of carboxylic acid groups (broad SMARTS) is 1. The van der Waals surface area contributed by atoms with Crippen LogP contribution in [0.4, 0.5) is 0 Å². The number of rotatable bonds is 5. The van der Waals surface area contributed by atoms with Gasteiger partial charge in [0.1, 0.15) is 6.04 Å². The van der Waals surface area contributed by atoms with Crippen molar-refractivity contribution in [2.24, 2.45) is 0 Å². The second-order valence-corrected chi connectivity index (χ2v) is 5.18. The third-order valence-electron chi connectivity index (χ3n) is 2.74. The summed E-state index contributed by atoms with van der Waals surface area (Å²) in [5.41, 5.74) is 1.73. The highest BCUT2D eigenvalue weighted by Crippen LogP contribution is 2.28. The number of benzene rings is 1. The molecule has 2 rings (SSSR count). The fourth-order valence-electron chi connectivity index (χ4n) is 1.80. The lowest BCUT2D eigenvalue weighted by atomic mass is 10.3. The molecule has 1 aromatic heterocycles. The van der Waals surface area contributed by atoms with E-state index in [0.29, 0.717) is 0 Å². The number of aliphatic carboxylic acids is 1. The molecular weight excluding hydrogens is 248 g/mol. The molecule has 5 heteroatoms. The molecule has 2 aromatic rings. The van der Waals surface area contributed by atoms with Gasteiger partial charge in [0, 0.05) is 5.75 Å². The molecular formula is C13H16N2O2S. The average molecular weight is 264 g/mol. The van der Waals surface area contributed by atoms with Gasteiger partial charge >= 0.3 is 5.97 Å². The van der Waals surface area contributed by atoms with Crippen LogP contribution in [0.2, 0.25) is 0 Å². The van der Waals surface area contributed by atoms with Gasteiger partial charge in [-0.25, -0.2) is 9.78 Å². The number of aromatic nitrogens is 2. The molecule has 0 spiro atoms. The van der Waals surface area contributed by atoms with Crippen molar-refractivity contribution >= 4 is 28.8 Å². The molecule has 0 unspecified atom stereocenters. The molecule has 0 aliphatic rings. The lowest BCUT2D eigenvalue weighted by Crippen LogP contribution is -2.16. The van der Waals surface area contributed by atoms with Gasteiger partial charge in [-0.3, -0.25) is 0 Å². The quantitative estimate of drug-likeness (QED) is 0.843. The summed E-state index contributed by atoms with van der Waals surface area (Å²) in [5.74, 6) is 0.104. The first kappa shape index (κ1) is 13.0. The van der Waals surface area contributed by atoms with Gasteiger partial charge in [0.15, 0.2) is 5.16 Å². The van der Waals surface area contributed by atoms with Crippen LogP contribution in [-0.2, 0) is 4.79 Å². The average Bonchev–Trinajstić information content (AvgIpc) is 2.73. The largest absolute Gasteiger partial charge is 0.480 e. The fraction of sp³-hybridized carbons (Fsp3) is 0.385. The molecule has 0 radical (unpaired) electrons. The summed E-state index contributed by atoms with van der Waals surface area (Å²) in [6.07, 6.45) is 1.04. The Morgan fingerprint density at radius 2 is 2.22 bits per heavy atom. The first-order valence-electron chi connectivity index (χ1n) is 5.97. The minimum atomic E-state index is -0.837. The second-order valence-electron chi connectivity index (χ2n) is 4.12. The van der Waals surface area contributed by atoms with Crippen LogP contribution in [0.25, 0.3) is 11.0 Å². The Kier molecular flexibility index (Phi) is 3.91. The number of carboxylic acids is 1. The SMILES string of the molecule is CCCSc1nc2ccccc2n1[C@@H](C)C(=O)O. The van der Waals surface area contributed by atoms with Gasteiger partial charge in [0.05, 0.1) is 11.0 Å². The van der Waals surface area contributed by atoms with Crippen LogP contribution < -0.4 is 0 Å². The number of thioether (sulfide) groups is 1. The van der Waals surface area contributed by atoms with Gasteiger partial charge in [0.2, 0.25) is 0 Å². The number of fused-ring (bicyclic) bond motifs is 1. The lowest BCUT2D eigenvalue weighted by molar-refractivity contribution is -0.140. The second kappa shape index (κ2) is 5.44. The highest BCUT2D eigenvalue weighted by Gasteiger charge is 2.20. The molecule has 0 bridgehead atoms. The zero-order valence-electron chi connectivity index (χ0n) is 10.5. The summed E-state index contributed by atoms with van der Waals surface area (Å²) >= 11 is 1.61. The minimum Gasteiger partial charge on any atom is -0.480 e. The van der Waals surface area contributed by atoms with Gasteiger partial charge in [-0.1, -0.05) is 30.8 Å². The number of para-hydroxylation sites is 2. The number of imidazole rings is 1. The van der Waals surface area contributed by atoms with Crippen molar-refractivity contribution in [1.82, 2.24) is 9.55 Å². The molecule has 0 amide bonds. The van der Waals surface area contributed by atoms with E-state index in [0.717, 1.165) is 28.4 Å². The van der Waals surface area contributed by atoms with E-state index in [-0.39, 0.29) is 0 Å². The molecule has 1 aromatic carbocycles. The molecule has 4 nitrogen and oxygen atoms in total. The molecule has 1 N–H and O–H groups in total. The van der Waals surface area contributed by atoms with Crippen molar-refractivity contribution in [2.45, 2.75) is 31.5 Å². The molecule has 0 saturated heterocycles. The Labute approximate surface area is 110 Å².